The average Bonchev–Trinajstić information content (AvgIpc) is 2.51. The standard InChI is InChI=1S/C15H24N2O4/c18-9-6-17(7-10-19)8-11-21-13-15(20)16-12-14-4-2-1-3-5-14/h1-5,18-19H,6-13H2,(H,16,20). The minimum absolute atomic E-state index is 0.0128. The number of ether oxygens (including phenoxy) is 1. The Hall–Kier alpha value is -1.47. The highest BCUT2D eigenvalue weighted by Gasteiger charge is 2.05. The number of hydrogen-bond donors (Lipinski definition) is 3. The van der Waals surface area contributed by atoms with E-state index in [0.29, 0.717) is 32.8 Å². The van der Waals surface area contributed by atoms with Crippen LogP contribution in [-0.4, -0.2) is 67.1 Å². The Kier molecular flexibility index (Phi) is 9.39. The van der Waals surface area contributed by atoms with Crippen LogP contribution in [0.5, 0.6) is 0 Å². The third-order valence-electron chi connectivity index (χ3n) is 2.95. The van der Waals surface area contributed by atoms with E-state index in [1.54, 1.807) is 0 Å². The molecule has 0 aliphatic carbocycles. The van der Waals surface area contributed by atoms with Gasteiger partial charge in [0.15, 0.2) is 0 Å². The third-order valence-corrected chi connectivity index (χ3v) is 2.95. The van der Waals surface area contributed by atoms with Crippen molar-refractivity contribution in [3.63, 3.8) is 0 Å². The smallest absolute Gasteiger partial charge is 0.246 e. The summed E-state index contributed by atoms with van der Waals surface area (Å²) >= 11 is 0. The highest BCUT2D eigenvalue weighted by Crippen LogP contribution is 1.97. The molecule has 0 saturated carbocycles. The first kappa shape index (κ1) is 17.6. The highest BCUT2D eigenvalue weighted by atomic mass is 16.5. The van der Waals surface area contributed by atoms with E-state index in [2.05, 4.69) is 5.32 Å². The highest BCUT2D eigenvalue weighted by molar-refractivity contribution is 5.77. The van der Waals surface area contributed by atoms with Crippen molar-refractivity contribution in [3.05, 3.63) is 35.9 Å². The molecule has 0 atom stereocenters. The molecule has 0 spiro atoms. The molecule has 0 radical (unpaired) electrons. The largest absolute Gasteiger partial charge is 0.395 e. The predicted molar refractivity (Wildman–Crippen MR) is 79.7 cm³/mol. The number of amides is 1. The molecule has 0 bridgehead atoms. The van der Waals surface area contributed by atoms with Gasteiger partial charge in [-0.05, 0) is 5.56 Å². The first-order valence-electron chi connectivity index (χ1n) is 7.08. The summed E-state index contributed by atoms with van der Waals surface area (Å²) in [6.07, 6.45) is 0. The number of aliphatic hydroxyl groups is 2. The van der Waals surface area contributed by atoms with Gasteiger partial charge in [-0.1, -0.05) is 30.3 Å². The van der Waals surface area contributed by atoms with Gasteiger partial charge in [0.05, 0.1) is 19.8 Å². The van der Waals surface area contributed by atoms with Gasteiger partial charge in [0.25, 0.3) is 0 Å². The predicted octanol–water partition coefficient (Wildman–Crippen LogP) is -0.394. The lowest BCUT2D eigenvalue weighted by molar-refractivity contribution is -0.126. The molecule has 1 amide bonds. The molecule has 0 fully saturated rings. The monoisotopic (exact) mass is 296 g/mol. The van der Waals surface area contributed by atoms with Crippen LogP contribution in [0.25, 0.3) is 0 Å². The Morgan fingerprint density at radius 2 is 1.76 bits per heavy atom. The van der Waals surface area contributed by atoms with E-state index in [4.69, 9.17) is 14.9 Å². The van der Waals surface area contributed by atoms with Gasteiger partial charge < -0.3 is 20.3 Å². The van der Waals surface area contributed by atoms with E-state index in [-0.39, 0.29) is 25.7 Å². The summed E-state index contributed by atoms with van der Waals surface area (Å²) in [7, 11) is 0. The summed E-state index contributed by atoms with van der Waals surface area (Å²) < 4.78 is 5.29. The summed E-state index contributed by atoms with van der Waals surface area (Å²) in [6.45, 7) is 2.53. The van der Waals surface area contributed by atoms with Crippen molar-refractivity contribution in [2.75, 3.05) is 46.1 Å². The molecule has 0 heterocycles. The van der Waals surface area contributed by atoms with Gasteiger partial charge in [-0.15, -0.1) is 0 Å². The summed E-state index contributed by atoms with van der Waals surface area (Å²) in [5.74, 6) is -0.158. The van der Waals surface area contributed by atoms with Crippen molar-refractivity contribution in [1.82, 2.24) is 10.2 Å². The van der Waals surface area contributed by atoms with E-state index < -0.39 is 0 Å². The number of rotatable bonds is 11. The van der Waals surface area contributed by atoms with Gasteiger partial charge in [0.1, 0.15) is 6.61 Å². The topological polar surface area (TPSA) is 82.0 Å². The van der Waals surface area contributed by atoms with Crippen molar-refractivity contribution < 1.29 is 19.7 Å². The molecule has 0 aliphatic rings. The maximum atomic E-state index is 11.6. The number of nitrogens with one attached hydrogen (secondary N) is 1. The molecule has 3 N–H and O–H groups in total. The number of aliphatic hydroxyl groups excluding tert-OH is 2. The summed E-state index contributed by atoms with van der Waals surface area (Å²) in [4.78, 5) is 13.5. The van der Waals surface area contributed by atoms with Crippen LogP contribution in [0.2, 0.25) is 0 Å². The fraction of sp³-hybridized carbons (Fsp3) is 0.533. The molecule has 0 aliphatic heterocycles. The summed E-state index contributed by atoms with van der Waals surface area (Å²) in [5.41, 5.74) is 1.04. The van der Waals surface area contributed by atoms with Gasteiger partial charge in [0, 0.05) is 26.2 Å². The molecular formula is C15H24N2O4. The molecule has 6 heteroatoms. The first-order chi connectivity index (χ1) is 10.3. The lowest BCUT2D eigenvalue weighted by Crippen LogP contribution is -2.34. The molecule has 1 aromatic rings. The molecule has 0 saturated heterocycles. The van der Waals surface area contributed by atoms with Crippen LogP contribution in [0.15, 0.2) is 30.3 Å². The molecule has 21 heavy (non-hydrogen) atoms. The van der Waals surface area contributed by atoms with Crippen LogP contribution in [0.3, 0.4) is 0 Å². The SMILES string of the molecule is O=C(COCCN(CCO)CCO)NCc1ccccc1. The quantitative estimate of drug-likeness (QED) is 0.484. The number of benzene rings is 1. The Morgan fingerprint density at radius 3 is 2.38 bits per heavy atom. The zero-order valence-corrected chi connectivity index (χ0v) is 12.2. The van der Waals surface area contributed by atoms with Crippen molar-refractivity contribution in [2.24, 2.45) is 0 Å². The van der Waals surface area contributed by atoms with E-state index >= 15 is 0 Å². The van der Waals surface area contributed by atoms with Crippen molar-refractivity contribution >= 4 is 5.91 Å². The fourth-order valence-corrected chi connectivity index (χ4v) is 1.82. The lowest BCUT2D eigenvalue weighted by Gasteiger charge is -2.19. The molecule has 0 unspecified atom stereocenters. The summed E-state index contributed by atoms with van der Waals surface area (Å²) in [5, 5.41) is 20.5. The van der Waals surface area contributed by atoms with E-state index in [1.807, 2.05) is 35.2 Å². The maximum absolute atomic E-state index is 11.6. The van der Waals surface area contributed by atoms with Crippen LogP contribution in [0.1, 0.15) is 5.56 Å². The van der Waals surface area contributed by atoms with Gasteiger partial charge in [-0.25, -0.2) is 0 Å². The second-order valence-corrected chi connectivity index (χ2v) is 4.60. The van der Waals surface area contributed by atoms with E-state index in [0.717, 1.165) is 5.56 Å². The molecule has 0 aromatic heterocycles. The second kappa shape index (κ2) is 11.2. The van der Waals surface area contributed by atoms with Gasteiger partial charge in [0.2, 0.25) is 5.91 Å². The van der Waals surface area contributed by atoms with E-state index in [1.165, 1.54) is 0 Å². The maximum Gasteiger partial charge on any atom is 0.246 e. The van der Waals surface area contributed by atoms with Crippen LogP contribution in [-0.2, 0) is 16.1 Å². The average molecular weight is 296 g/mol. The number of carbonyl (C=O) groups excluding carboxylic acids is 1. The van der Waals surface area contributed by atoms with Crippen LogP contribution in [0, 0.1) is 0 Å². The van der Waals surface area contributed by atoms with Gasteiger partial charge in [-0.2, -0.15) is 0 Å². The second-order valence-electron chi connectivity index (χ2n) is 4.60. The minimum atomic E-state index is -0.158. The van der Waals surface area contributed by atoms with Gasteiger partial charge >= 0.3 is 0 Å². The van der Waals surface area contributed by atoms with Crippen LogP contribution < -0.4 is 5.32 Å². The zero-order chi connectivity index (χ0) is 15.3. The van der Waals surface area contributed by atoms with Crippen LogP contribution in [0.4, 0.5) is 0 Å². The van der Waals surface area contributed by atoms with Crippen LogP contribution >= 0.6 is 0 Å². The zero-order valence-electron chi connectivity index (χ0n) is 12.2. The number of carbonyl (C=O) groups is 1. The fourth-order valence-electron chi connectivity index (χ4n) is 1.82. The third kappa shape index (κ3) is 8.41. The molecule has 1 aromatic carbocycles. The van der Waals surface area contributed by atoms with Gasteiger partial charge in [-0.3, -0.25) is 9.69 Å². The molecular weight excluding hydrogens is 272 g/mol. The molecule has 1 rings (SSSR count). The Balaban J connectivity index is 2.10. The molecule has 6 nitrogen and oxygen atoms in total. The Labute approximate surface area is 125 Å². The molecule has 118 valence electrons. The number of hydrogen-bond acceptors (Lipinski definition) is 5. The Morgan fingerprint density at radius 1 is 1.10 bits per heavy atom. The minimum Gasteiger partial charge on any atom is -0.395 e. The van der Waals surface area contributed by atoms with E-state index in [9.17, 15) is 4.79 Å². The van der Waals surface area contributed by atoms with Crippen molar-refractivity contribution in [3.8, 4) is 0 Å². The Bertz CT molecular complexity index is 381. The number of nitrogens with zero attached hydrogens (tertiary/aromatic N) is 1. The summed E-state index contributed by atoms with van der Waals surface area (Å²) in [6, 6.07) is 9.67. The van der Waals surface area contributed by atoms with Crippen molar-refractivity contribution in [1.29, 1.82) is 0 Å². The normalized spacial score (nSPS) is 10.8. The lowest BCUT2D eigenvalue weighted by atomic mass is 10.2. The van der Waals surface area contributed by atoms with Crippen molar-refractivity contribution in [2.45, 2.75) is 6.54 Å². The first-order valence-corrected chi connectivity index (χ1v) is 7.08.